The van der Waals surface area contributed by atoms with Gasteiger partial charge in [0.1, 0.15) is 0 Å². The molecule has 0 saturated heterocycles. The van der Waals surface area contributed by atoms with Crippen molar-refractivity contribution < 1.29 is 8.42 Å². The van der Waals surface area contributed by atoms with Gasteiger partial charge in [0.2, 0.25) is 0 Å². The SMILES string of the molecule is O=S(=O)(c1ccccc1)I1C(I)=CC(c2ccncn2)=C1Cl. The van der Waals surface area contributed by atoms with Crippen molar-refractivity contribution >= 4 is 65.2 Å². The first-order chi connectivity index (χ1) is 10.5. The van der Waals surface area contributed by atoms with E-state index in [4.69, 9.17) is 11.6 Å². The van der Waals surface area contributed by atoms with E-state index < -0.39 is 25.4 Å². The third-order valence-corrected chi connectivity index (χ3v) is 20.6. The van der Waals surface area contributed by atoms with Gasteiger partial charge < -0.3 is 0 Å². The second-order valence-corrected chi connectivity index (χ2v) is 19.0. The standard InChI is InChI=1S/C14H9ClI2N2O2S/c15-14-11(12-6-7-18-9-19-12)8-13(16)17(14)22(20,21)10-4-2-1-3-5-10/h1-9H. The van der Waals surface area contributed by atoms with Crippen LogP contribution in [0, 0.1) is 0 Å². The van der Waals surface area contributed by atoms with E-state index in [1.165, 1.54) is 6.33 Å². The van der Waals surface area contributed by atoms with Crippen LogP contribution in [0.2, 0.25) is 0 Å². The summed E-state index contributed by atoms with van der Waals surface area (Å²) in [5, 5.41) is 0. The minimum atomic E-state index is -3.43. The molecule has 0 aliphatic carbocycles. The summed E-state index contributed by atoms with van der Waals surface area (Å²) in [6, 6.07) is 10.2. The molecule has 4 nitrogen and oxygen atoms in total. The maximum absolute atomic E-state index is 12.9. The van der Waals surface area contributed by atoms with Crippen molar-refractivity contribution in [1.29, 1.82) is 0 Å². The summed E-state index contributed by atoms with van der Waals surface area (Å²) < 4.78 is 27.0. The molecule has 0 radical (unpaired) electrons. The molecule has 2 heterocycles. The zero-order valence-electron chi connectivity index (χ0n) is 10.9. The van der Waals surface area contributed by atoms with Gasteiger partial charge in [0.15, 0.2) is 0 Å². The molecule has 1 aromatic carbocycles. The summed E-state index contributed by atoms with van der Waals surface area (Å²) >= 11 is 5.81. The predicted octanol–water partition coefficient (Wildman–Crippen LogP) is 4.57. The van der Waals surface area contributed by atoms with Crippen LogP contribution < -0.4 is 0 Å². The van der Waals surface area contributed by atoms with E-state index in [1.54, 1.807) is 42.6 Å². The summed E-state index contributed by atoms with van der Waals surface area (Å²) in [6.45, 7) is 0. The molecule has 114 valence electrons. The molecule has 0 fully saturated rings. The van der Waals surface area contributed by atoms with Crippen LogP contribution in [0.4, 0.5) is 0 Å². The van der Waals surface area contributed by atoms with Gasteiger partial charge in [-0.15, -0.1) is 0 Å². The average Bonchev–Trinajstić information content (AvgIpc) is 2.84. The first-order valence-corrected chi connectivity index (χ1v) is 13.7. The number of rotatable bonds is 3. The van der Waals surface area contributed by atoms with Crippen molar-refractivity contribution in [1.82, 2.24) is 9.97 Å². The molecule has 0 bridgehead atoms. The molecular weight excluding hydrogens is 549 g/mol. The van der Waals surface area contributed by atoms with Crippen LogP contribution >= 0.6 is 52.6 Å². The predicted molar refractivity (Wildman–Crippen MR) is 105 cm³/mol. The van der Waals surface area contributed by atoms with Crippen molar-refractivity contribution in [3.05, 3.63) is 65.3 Å². The van der Waals surface area contributed by atoms with Gasteiger partial charge in [0.25, 0.3) is 0 Å². The Kier molecular flexibility index (Phi) is 4.86. The van der Waals surface area contributed by atoms with Gasteiger partial charge in [0, 0.05) is 0 Å². The van der Waals surface area contributed by atoms with Gasteiger partial charge >= 0.3 is 154 Å². The molecule has 0 N–H and O–H groups in total. The summed E-state index contributed by atoms with van der Waals surface area (Å²) in [6.07, 6.45) is 4.87. The number of halogens is 3. The Morgan fingerprint density at radius 2 is 1.86 bits per heavy atom. The van der Waals surface area contributed by atoms with Gasteiger partial charge in [-0.25, -0.2) is 0 Å². The summed E-state index contributed by atoms with van der Waals surface area (Å²) in [5.74, 6) is 0. The summed E-state index contributed by atoms with van der Waals surface area (Å²) in [7, 11) is -3.43. The number of hydrogen-bond acceptors (Lipinski definition) is 4. The molecule has 0 spiro atoms. The molecule has 0 saturated carbocycles. The fourth-order valence-electron chi connectivity index (χ4n) is 1.86. The van der Waals surface area contributed by atoms with Crippen LogP contribution in [0.5, 0.6) is 0 Å². The van der Waals surface area contributed by atoms with E-state index in [9.17, 15) is 8.42 Å². The fourth-order valence-corrected chi connectivity index (χ4v) is 20.5. The monoisotopic (exact) mass is 558 g/mol. The molecule has 1 aliphatic rings. The van der Waals surface area contributed by atoms with E-state index in [0.29, 0.717) is 19.2 Å². The first-order valence-electron chi connectivity index (χ1n) is 6.06. The molecular formula is C14H9ClI2N2O2S. The Morgan fingerprint density at radius 3 is 2.50 bits per heavy atom. The molecule has 2 aromatic rings. The number of allylic oxidation sites excluding steroid dienone is 2. The molecule has 0 amide bonds. The molecule has 22 heavy (non-hydrogen) atoms. The average molecular weight is 559 g/mol. The van der Waals surface area contributed by atoms with E-state index in [2.05, 4.69) is 32.6 Å². The molecule has 8 heteroatoms. The third kappa shape index (κ3) is 2.95. The van der Waals surface area contributed by atoms with Crippen LogP contribution in [-0.4, -0.2) is 18.4 Å². The van der Waals surface area contributed by atoms with Crippen molar-refractivity contribution in [3.63, 3.8) is 0 Å². The Hall–Kier alpha value is -0.520. The van der Waals surface area contributed by atoms with Crippen molar-refractivity contribution in [2.75, 3.05) is 0 Å². The van der Waals surface area contributed by atoms with Crippen LogP contribution in [0.25, 0.3) is 5.57 Å². The summed E-state index contributed by atoms with van der Waals surface area (Å²) in [5.41, 5.74) is 1.34. The number of nitrogens with zero attached hydrogens (tertiary/aromatic N) is 2. The van der Waals surface area contributed by atoms with Crippen molar-refractivity contribution in [2.45, 2.75) is 4.90 Å². The Bertz CT molecular complexity index is 868. The first kappa shape index (κ1) is 16.3. The second-order valence-electron chi connectivity index (χ2n) is 4.20. The van der Waals surface area contributed by atoms with Crippen molar-refractivity contribution in [2.24, 2.45) is 0 Å². The zero-order valence-corrected chi connectivity index (χ0v) is 16.8. The number of aromatic nitrogens is 2. The van der Waals surface area contributed by atoms with Crippen LogP contribution in [0.3, 0.4) is 0 Å². The maximum atomic E-state index is 12.9. The fraction of sp³-hybridized carbons (Fsp3) is 0. The van der Waals surface area contributed by atoms with Crippen LogP contribution in [-0.2, 0) is 7.01 Å². The van der Waals surface area contributed by atoms with Gasteiger partial charge in [-0.3, -0.25) is 0 Å². The van der Waals surface area contributed by atoms with Gasteiger partial charge in [-0.05, 0) is 0 Å². The molecule has 1 aromatic heterocycles. The molecule has 0 unspecified atom stereocenters. The van der Waals surface area contributed by atoms with E-state index in [1.807, 2.05) is 6.08 Å². The van der Waals surface area contributed by atoms with E-state index in [-0.39, 0.29) is 0 Å². The van der Waals surface area contributed by atoms with E-state index in [0.717, 1.165) is 1.59 Å². The number of hydrogen-bond donors (Lipinski definition) is 0. The molecule has 3 rings (SSSR count). The van der Waals surface area contributed by atoms with Crippen LogP contribution in [0.1, 0.15) is 5.69 Å². The minimum absolute atomic E-state index is 0.324. The molecule has 0 atom stereocenters. The Balaban J connectivity index is 2.10. The van der Waals surface area contributed by atoms with E-state index >= 15 is 0 Å². The summed E-state index contributed by atoms with van der Waals surface area (Å²) in [4.78, 5) is 8.36. The van der Waals surface area contributed by atoms with Crippen molar-refractivity contribution in [3.8, 4) is 0 Å². The third-order valence-electron chi connectivity index (χ3n) is 2.86. The van der Waals surface area contributed by atoms with Gasteiger partial charge in [-0.2, -0.15) is 0 Å². The van der Waals surface area contributed by atoms with Gasteiger partial charge in [0.05, 0.1) is 0 Å². The van der Waals surface area contributed by atoms with Gasteiger partial charge in [-0.1, -0.05) is 0 Å². The number of benzene rings is 1. The molecule has 1 aliphatic heterocycles. The second kappa shape index (κ2) is 6.54. The topological polar surface area (TPSA) is 59.9 Å². The Labute approximate surface area is 152 Å². The zero-order chi connectivity index (χ0) is 15.7. The normalized spacial score (nSPS) is 16.8. The van der Waals surface area contributed by atoms with Crippen LogP contribution in [0.15, 0.2) is 64.5 Å². The quantitative estimate of drug-likeness (QED) is 0.409. The Morgan fingerprint density at radius 1 is 1.14 bits per heavy atom.